The van der Waals surface area contributed by atoms with Crippen LogP contribution in [0.3, 0.4) is 0 Å². The van der Waals surface area contributed by atoms with Crippen LogP contribution in [0.1, 0.15) is 94.2 Å². The number of aromatic nitrogens is 2. The Balaban J connectivity index is 1.55. The predicted molar refractivity (Wildman–Crippen MR) is 162 cm³/mol. The molecule has 0 saturated carbocycles. The summed E-state index contributed by atoms with van der Waals surface area (Å²) < 4.78 is 7.88. The van der Waals surface area contributed by atoms with Crippen molar-refractivity contribution in [3.05, 3.63) is 18.0 Å². The second-order valence-corrected chi connectivity index (χ2v) is 14.9. The molecule has 0 unspecified atom stereocenters. The second-order valence-electron chi connectivity index (χ2n) is 14.9. The van der Waals surface area contributed by atoms with Gasteiger partial charge < -0.3 is 20.3 Å². The van der Waals surface area contributed by atoms with Gasteiger partial charge in [-0.25, -0.2) is 0 Å². The third-order valence-corrected chi connectivity index (χ3v) is 7.80. The number of nitrogens with zero attached hydrogens (tertiary/aromatic N) is 4. The molecule has 7 nitrogen and oxygen atoms in total. The fourth-order valence-corrected chi connectivity index (χ4v) is 4.76. The molecule has 1 saturated heterocycles. The first kappa shape index (κ1) is 33.2. The maximum Gasteiger partial charge on any atom is 0.0677 e. The molecule has 2 N–H and O–H groups in total. The highest BCUT2D eigenvalue weighted by molar-refractivity contribution is 5.10. The van der Waals surface area contributed by atoms with Crippen molar-refractivity contribution in [2.24, 2.45) is 5.41 Å². The zero-order valence-electron chi connectivity index (χ0n) is 26.8. The van der Waals surface area contributed by atoms with E-state index in [0.717, 1.165) is 38.5 Å². The van der Waals surface area contributed by atoms with Crippen LogP contribution in [0.15, 0.2) is 12.3 Å². The van der Waals surface area contributed by atoms with Crippen molar-refractivity contribution >= 4 is 0 Å². The molecule has 7 heteroatoms. The van der Waals surface area contributed by atoms with E-state index in [4.69, 9.17) is 4.74 Å². The first-order valence-corrected chi connectivity index (χ1v) is 15.1. The molecule has 2 rings (SSSR count). The molecule has 1 aliphatic heterocycles. The number of hydrogen-bond acceptors (Lipinski definition) is 6. The fourth-order valence-electron chi connectivity index (χ4n) is 4.76. The maximum atomic E-state index is 5.89. The van der Waals surface area contributed by atoms with Crippen LogP contribution in [-0.4, -0.2) is 96.2 Å². The lowest BCUT2D eigenvalue weighted by molar-refractivity contribution is 0.110. The fraction of sp³-hybridized carbons (Fsp3) is 0.903. The summed E-state index contributed by atoms with van der Waals surface area (Å²) in [6.45, 7) is 34.2. The molecular weight excluding hydrogens is 472 g/mol. The number of ether oxygens (including phenoxy) is 1. The Morgan fingerprint density at radius 2 is 1.37 bits per heavy atom. The largest absolute Gasteiger partial charge is 0.378 e. The van der Waals surface area contributed by atoms with Crippen LogP contribution in [-0.2, 0) is 16.7 Å². The lowest BCUT2D eigenvalue weighted by Gasteiger charge is -2.37. The van der Waals surface area contributed by atoms with Crippen LogP contribution >= 0.6 is 0 Å². The smallest absolute Gasteiger partial charge is 0.0677 e. The molecule has 38 heavy (non-hydrogen) atoms. The molecule has 1 aromatic rings. The van der Waals surface area contributed by atoms with Gasteiger partial charge in [0.1, 0.15) is 0 Å². The van der Waals surface area contributed by atoms with Gasteiger partial charge in [0.2, 0.25) is 0 Å². The molecule has 1 aromatic heterocycles. The maximum absolute atomic E-state index is 5.89. The standard InChI is InChI=1S/C31H62N6O/c1-28(2,3)27-11-17-37(34-27)24-26-38-25-16-33-31(9,10)13-12-30(7,8)14-18-35-20-22-36(23-21-35)19-15-32-29(4,5)6/h11,17,32-33H,12-16,18-26H2,1-10H3. The summed E-state index contributed by atoms with van der Waals surface area (Å²) in [6.07, 6.45) is 5.74. The van der Waals surface area contributed by atoms with E-state index in [1.165, 1.54) is 52.0 Å². The van der Waals surface area contributed by atoms with Crippen LogP contribution in [0.4, 0.5) is 0 Å². The van der Waals surface area contributed by atoms with E-state index in [-0.39, 0.29) is 16.5 Å². The Labute approximate surface area is 235 Å². The monoisotopic (exact) mass is 534 g/mol. The normalized spacial score (nSPS) is 16.9. The van der Waals surface area contributed by atoms with E-state index < -0.39 is 0 Å². The van der Waals surface area contributed by atoms with Gasteiger partial charge in [-0.3, -0.25) is 9.58 Å². The minimum Gasteiger partial charge on any atom is -0.378 e. The Morgan fingerprint density at radius 3 is 1.95 bits per heavy atom. The first-order valence-electron chi connectivity index (χ1n) is 15.1. The molecule has 2 heterocycles. The van der Waals surface area contributed by atoms with Gasteiger partial charge in [0.25, 0.3) is 0 Å². The van der Waals surface area contributed by atoms with Crippen molar-refractivity contribution in [3.63, 3.8) is 0 Å². The minimum absolute atomic E-state index is 0.0926. The molecule has 0 bridgehead atoms. The van der Waals surface area contributed by atoms with Crippen LogP contribution in [0, 0.1) is 5.41 Å². The summed E-state index contributed by atoms with van der Waals surface area (Å²) in [7, 11) is 0. The highest BCUT2D eigenvalue weighted by Crippen LogP contribution is 2.30. The summed E-state index contributed by atoms with van der Waals surface area (Å²) in [6, 6.07) is 2.11. The predicted octanol–water partition coefficient (Wildman–Crippen LogP) is 4.77. The van der Waals surface area contributed by atoms with Gasteiger partial charge in [0, 0.05) is 68.5 Å². The zero-order chi connectivity index (χ0) is 28.5. The molecule has 0 spiro atoms. The average molecular weight is 535 g/mol. The van der Waals surface area contributed by atoms with Gasteiger partial charge in [-0.2, -0.15) is 5.10 Å². The summed E-state index contributed by atoms with van der Waals surface area (Å²) >= 11 is 0. The van der Waals surface area contributed by atoms with Crippen LogP contribution < -0.4 is 10.6 Å². The third-order valence-electron chi connectivity index (χ3n) is 7.80. The molecule has 0 amide bonds. The van der Waals surface area contributed by atoms with E-state index in [0.29, 0.717) is 12.0 Å². The van der Waals surface area contributed by atoms with Crippen molar-refractivity contribution in [2.75, 3.05) is 65.6 Å². The van der Waals surface area contributed by atoms with Gasteiger partial charge in [-0.15, -0.1) is 0 Å². The van der Waals surface area contributed by atoms with E-state index in [1.807, 2.05) is 4.68 Å². The second kappa shape index (κ2) is 14.6. The molecule has 1 fully saturated rings. The molecule has 222 valence electrons. The minimum atomic E-state index is 0.0926. The molecule has 0 atom stereocenters. The van der Waals surface area contributed by atoms with Crippen LogP contribution in [0.25, 0.3) is 0 Å². The molecule has 0 aliphatic carbocycles. The number of nitrogens with one attached hydrogen (secondary N) is 2. The van der Waals surface area contributed by atoms with E-state index in [9.17, 15) is 0 Å². The molecule has 0 aromatic carbocycles. The highest BCUT2D eigenvalue weighted by Gasteiger charge is 2.26. The lowest BCUT2D eigenvalue weighted by atomic mass is 9.80. The third kappa shape index (κ3) is 13.9. The molecule has 0 radical (unpaired) electrons. The van der Waals surface area contributed by atoms with Crippen molar-refractivity contribution in [1.82, 2.24) is 30.2 Å². The van der Waals surface area contributed by atoms with Gasteiger partial charge >= 0.3 is 0 Å². The van der Waals surface area contributed by atoms with Crippen LogP contribution in [0.5, 0.6) is 0 Å². The van der Waals surface area contributed by atoms with Gasteiger partial charge in [0.15, 0.2) is 0 Å². The number of hydrogen-bond donors (Lipinski definition) is 2. The lowest BCUT2D eigenvalue weighted by Crippen LogP contribution is -2.50. The summed E-state index contributed by atoms with van der Waals surface area (Å²) in [5.41, 5.74) is 1.92. The SMILES string of the molecule is CC(C)(CCN1CCN(CCNC(C)(C)C)CC1)CCC(C)(C)NCCOCCn1ccc(C(C)(C)C)n1. The van der Waals surface area contributed by atoms with Crippen molar-refractivity contribution in [3.8, 4) is 0 Å². The van der Waals surface area contributed by atoms with Gasteiger partial charge in [-0.1, -0.05) is 34.6 Å². The van der Waals surface area contributed by atoms with E-state index >= 15 is 0 Å². The summed E-state index contributed by atoms with van der Waals surface area (Å²) in [4.78, 5) is 5.28. The Bertz CT molecular complexity index is 781. The Kier molecular flexibility index (Phi) is 12.7. The van der Waals surface area contributed by atoms with E-state index in [2.05, 4.69) is 107 Å². The van der Waals surface area contributed by atoms with E-state index in [1.54, 1.807) is 0 Å². The van der Waals surface area contributed by atoms with Crippen molar-refractivity contribution in [2.45, 2.75) is 112 Å². The molecular formula is C31H62N6O. The zero-order valence-corrected chi connectivity index (χ0v) is 26.8. The summed E-state index contributed by atoms with van der Waals surface area (Å²) in [5.74, 6) is 0. The first-order chi connectivity index (χ1) is 17.5. The average Bonchev–Trinajstić information content (AvgIpc) is 3.29. The quantitative estimate of drug-likeness (QED) is 0.298. The van der Waals surface area contributed by atoms with Crippen molar-refractivity contribution < 1.29 is 4.74 Å². The molecule has 1 aliphatic rings. The van der Waals surface area contributed by atoms with Gasteiger partial charge in [0.05, 0.1) is 25.5 Å². The number of piperazine rings is 1. The van der Waals surface area contributed by atoms with Crippen molar-refractivity contribution in [1.29, 1.82) is 0 Å². The van der Waals surface area contributed by atoms with Crippen LogP contribution in [0.2, 0.25) is 0 Å². The topological polar surface area (TPSA) is 57.6 Å². The summed E-state index contributed by atoms with van der Waals surface area (Å²) in [5, 5.41) is 12.0. The van der Waals surface area contributed by atoms with Gasteiger partial charge in [-0.05, 0) is 71.9 Å². The highest BCUT2D eigenvalue weighted by atomic mass is 16.5. The Morgan fingerprint density at radius 1 is 0.737 bits per heavy atom. The Hall–Kier alpha value is -0.990. The number of rotatable bonds is 16.